The van der Waals surface area contributed by atoms with Gasteiger partial charge in [-0.05, 0) is 23.6 Å². The summed E-state index contributed by atoms with van der Waals surface area (Å²) in [7, 11) is 0. The van der Waals surface area contributed by atoms with Crippen molar-refractivity contribution in [3.05, 3.63) is 52.5 Å². The van der Waals surface area contributed by atoms with Crippen molar-refractivity contribution in [1.29, 1.82) is 0 Å². The molecular weight excluding hydrogens is 212 g/mol. The predicted molar refractivity (Wildman–Crippen MR) is 54.7 cm³/mol. The molecule has 1 aliphatic carbocycles. The van der Waals surface area contributed by atoms with Gasteiger partial charge in [0.05, 0.1) is 0 Å². The lowest BCUT2D eigenvalue weighted by molar-refractivity contribution is 1.40. The van der Waals surface area contributed by atoms with Crippen LogP contribution in [-0.4, -0.2) is 0 Å². The average molecular weight is 220 g/mol. The van der Waals surface area contributed by atoms with E-state index in [2.05, 4.69) is 40.2 Å². The molecule has 0 saturated carbocycles. The van der Waals surface area contributed by atoms with Gasteiger partial charge < -0.3 is 0 Å². The maximum absolute atomic E-state index is 3.50. The average Bonchev–Trinajstić information content (AvgIpc) is 2.53. The van der Waals surface area contributed by atoms with Crippen molar-refractivity contribution in [2.75, 3.05) is 0 Å². The molecule has 0 N–H and O–H groups in total. The first kappa shape index (κ1) is 7.81. The van der Waals surface area contributed by atoms with E-state index < -0.39 is 0 Å². The summed E-state index contributed by atoms with van der Waals surface area (Å²) in [6.07, 6.45) is 6.35. The van der Waals surface area contributed by atoms with Crippen LogP contribution in [0, 0.1) is 6.08 Å². The first-order valence-corrected chi connectivity index (χ1v) is 4.69. The number of rotatable bonds is 1. The first-order chi connectivity index (χ1) is 5.88. The molecule has 0 nitrogen and oxygen atoms in total. The summed E-state index contributed by atoms with van der Waals surface area (Å²) in [5.74, 6) is 0. The fraction of sp³-hybridized carbons (Fsp3) is 0.0909. The molecule has 0 unspecified atom stereocenters. The number of hydrogen-bond acceptors (Lipinski definition) is 0. The van der Waals surface area contributed by atoms with Crippen molar-refractivity contribution in [2.24, 2.45) is 0 Å². The van der Waals surface area contributed by atoms with Crippen molar-refractivity contribution in [2.45, 2.75) is 6.42 Å². The summed E-state index contributed by atoms with van der Waals surface area (Å²) in [6, 6.07) is 10.3. The van der Waals surface area contributed by atoms with Crippen LogP contribution in [-0.2, 0) is 0 Å². The SMILES string of the molecule is BrC1=CC[C]=C1c1ccccc1. The maximum Gasteiger partial charge on any atom is 0.0220 e. The van der Waals surface area contributed by atoms with Crippen LogP contribution in [0.5, 0.6) is 0 Å². The Morgan fingerprint density at radius 2 is 1.92 bits per heavy atom. The lowest BCUT2D eigenvalue weighted by Gasteiger charge is -2.00. The van der Waals surface area contributed by atoms with E-state index in [0.29, 0.717) is 0 Å². The summed E-state index contributed by atoms with van der Waals surface area (Å²) in [4.78, 5) is 0. The van der Waals surface area contributed by atoms with Gasteiger partial charge in [0, 0.05) is 4.48 Å². The normalized spacial score (nSPS) is 15.8. The van der Waals surface area contributed by atoms with Gasteiger partial charge in [-0.2, -0.15) is 0 Å². The summed E-state index contributed by atoms with van der Waals surface area (Å²) in [5.41, 5.74) is 2.42. The molecule has 0 atom stereocenters. The highest BCUT2D eigenvalue weighted by molar-refractivity contribution is 9.12. The lowest BCUT2D eigenvalue weighted by atomic mass is 10.1. The highest BCUT2D eigenvalue weighted by Gasteiger charge is 2.08. The Labute approximate surface area is 80.7 Å². The fourth-order valence-electron chi connectivity index (χ4n) is 1.27. The molecule has 0 aliphatic heterocycles. The second-order valence-corrected chi connectivity index (χ2v) is 3.53. The fourth-order valence-corrected chi connectivity index (χ4v) is 1.80. The van der Waals surface area contributed by atoms with Crippen LogP contribution >= 0.6 is 15.9 Å². The Morgan fingerprint density at radius 1 is 1.17 bits per heavy atom. The third-order valence-electron chi connectivity index (χ3n) is 1.86. The van der Waals surface area contributed by atoms with Crippen molar-refractivity contribution in [3.8, 4) is 0 Å². The Morgan fingerprint density at radius 3 is 2.50 bits per heavy atom. The molecule has 0 spiro atoms. The molecule has 12 heavy (non-hydrogen) atoms. The minimum Gasteiger partial charge on any atom is -0.0652 e. The van der Waals surface area contributed by atoms with Gasteiger partial charge in [0.2, 0.25) is 0 Å². The number of hydrogen-bond donors (Lipinski definition) is 0. The van der Waals surface area contributed by atoms with Crippen molar-refractivity contribution in [3.63, 3.8) is 0 Å². The smallest absolute Gasteiger partial charge is 0.0220 e. The zero-order valence-corrected chi connectivity index (χ0v) is 8.14. The first-order valence-electron chi connectivity index (χ1n) is 3.90. The van der Waals surface area contributed by atoms with Crippen LogP contribution in [0.15, 0.2) is 40.9 Å². The molecule has 1 heteroatoms. The molecule has 2 rings (SSSR count). The van der Waals surface area contributed by atoms with Crippen LogP contribution in [0.1, 0.15) is 12.0 Å². The number of halogens is 1. The van der Waals surface area contributed by atoms with Crippen molar-refractivity contribution < 1.29 is 0 Å². The quantitative estimate of drug-likeness (QED) is 0.678. The topological polar surface area (TPSA) is 0 Å². The third kappa shape index (κ3) is 1.37. The van der Waals surface area contributed by atoms with E-state index in [0.717, 1.165) is 10.9 Å². The summed E-state index contributed by atoms with van der Waals surface area (Å²) < 4.78 is 1.16. The van der Waals surface area contributed by atoms with E-state index in [1.165, 1.54) is 11.1 Å². The lowest BCUT2D eigenvalue weighted by Crippen LogP contribution is -1.79. The van der Waals surface area contributed by atoms with E-state index in [1.54, 1.807) is 0 Å². The monoisotopic (exact) mass is 219 g/mol. The van der Waals surface area contributed by atoms with Gasteiger partial charge in [-0.3, -0.25) is 0 Å². The predicted octanol–water partition coefficient (Wildman–Crippen LogP) is 3.56. The van der Waals surface area contributed by atoms with Gasteiger partial charge in [-0.15, -0.1) is 0 Å². The molecule has 1 aromatic rings. The van der Waals surface area contributed by atoms with Crippen LogP contribution in [0.25, 0.3) is 5.57 Å². The van der Waals surface area contributed by atoms with Gasteiger partial charge in [-0.1, -0.05) is 52.3 Å². The minimum atomic E-state index is 0.921. The largest absolute Gasteiger partial charge is 0.0652 e. The zero-order valence-electron chi connectivity index (χ0n) is 6.55. The standard InChI is InChI=1S/C11H8Br/c12-11-8-4-7-10(11)9-5-2-1-3-6-9/h1-3,5-6,8H,4H2. The Balaban J connectivity index is 2.39. The zero-order chi connectivity index (χ0) is 8.39. The van der Waals surface area contributed by atoms with Crippen molar-refractivity contribution >= 4 is 21.5 Å². The minimum absolute atomic E-state index is 0.921. The van der Waals surface area contributed by atoms with E-state index in [1.807, 2.05) is 18.2 Å². The van der Waals surface area contributed by atoms with Gasteiger partial charge in [0.15, 0.2) is 0 Å². The molecule has 0 bridgehead atoms. The second-order valence-electron chi connectivity index (χ2n) is 2.67. The van der Waals surface area contributed by atoms with E-state index in [-0.39, 0.29) is 0 Å². The van der Waals surface area contributed by atoms with Gasteiger partial charge in [0.1, 0.15) is 0 Å². The molecule has 0 aromatic heterocycles. The van der Waals surface area contributed by atoms with Crippen LogP contribution in [0.3, 0.4) is 0 Å². The maximum atomic E-state index is 3.50. The van der Waals surface area contributed by atoms with Gasteiger partial charge >= 0.3 is 0 Å². The molecule has 1 aromatic carbocycles. The number of benzene rings is 1. The Bertz CT molecular complexity index is 333. The van der Waals surface area contributed by atoms with E-state index in [9.17, 15) is 0 Å². The van der Waals surface area contributed by atoms with E-state index in [4.69, 9.17) is 0 Å². The summed E-state index contributed by atoms with van der Waals surface area (Å²) >= 11 is 3.50. The molecular formula is C11H8Br. The molecule has 0 fully saturated rings. The molecule has 0 heterocycles. The number of allylic oxidation sites excluding steroid dienone is 4. The highest BCUT2D eigenvalue weighted by atomic mass is 79.9. The Hall–Kier alpha value is -0.820. The highest BCUT2D eigenvalue weighted by Crippen LogP contribution is 2.31. The molecule has 1 aliphatic rings. The molecule has 1 radical (unpaired) electrons. The van der Waals surface area contributed by atoms with Crippen LogP contribution in [0.2, 0.25) is 0 Å². The van der Waals surface area contributed by atoms with Crippen LogP contribution < -0.4 is 0 Å². The van der Waals surface area contributed by atoms with E-state index >= 15 is 0 Å². The van der Waals surface area contributed by atoms with Crippen LogP contribution in [0.4, 0.5) is 0 Å². The molecule has 0 amide bonds. The second kappa shape index (κ2) is 3.28. The Kier molecular flexibility index (Phi) is 2.13. The molecule has 59 valence electrons. The van der Waals surface area contributed by atoms with Crippen molar-refractivity contribution in [1.82, 2.24) is 0 Å². The molecule has 0 saturated heterocycles. The summed E-state index contributed by atoms with van der Waals surface area (Å²) in [6.45, 7) is 0. The van der Waals surface area contributed by atoms with Gasteiger partial charge in [0.25, 0.3) is 0 Å². The third-order valence-corrected chi connectivity index (χ3v) is 2.58. The summed E-state index contributed by atoms with van der Waals surface area (Å²) in [5, 5.41) is 0. The van der Waals surface area contributed by atoms with Gasteiger partial charge in [-0.25, -0.2) is 0 Å².